The van der Waals surface area contributed by atoms with E-state index >= 15 is 0 Å². The molecule has 2 rings (SSSR count). The van der Waals surface area contributed by atoms with Gasteiger partial charge in [0.1, 0.15) is 5.75 Å². The van der Waals surface area contributed by atoms with Crippen molar-refractivity contribution >= 4 is 17.5 Å². The van der Waals surface area contributed by atoms with Crippen molar-refractivity contribution in [2.45, 2.75) is 45.8 Å². The molecule has 0 aliphatic carbocycles. The number of ether oxygens (including phenoxy) is 1. The predicted molar refractivity (Wildman–Crippen MR) is 103 cm³/mol. The highest BCUT2D eigenvalue weighted by Crippen LogP contribution is 2.16. The van der Waals surface area contributed by atoms with Crippen molar-refractivity contribution in [1.82, 2.24) is 5.32 Å². The van der Waals surface area contributed by atoms with Gasteiger partial charge in [0.15, 0.2) is 6.10 Å². The van der Waals surface area contributed by atoms with Crippen LogP contribution in [0.4, 0.5) is 5.69 Å². The second-order valence-electron chi connectivity index (χ2n) is 6.18. The number of nitrogens with one attached hydrogen (secondary N) is 2. The number of para-hydroxylation sites is 1. The Bertz CT molecular complexity index is 731. The van der Waals surface area contributed by atoms with Crippen molar-refractivity contribution < 1.29 is 14.3 Å². The Morgan fingerprint density at radius 1 is 1.00 bits per heavy atom. The van der Waals surface area contributed by atoms with Gasteiger partial charge in [-0.2, -0.15) is 0 Å². The van der Waals surface area contributed by atoms with Crippen LogP contribution in [0, 0.1) is 0 Å². The van der Waals surface area contributed by atoms with Crippen molar-refractivity contribution in [2.24, 2.45) is 0 Å². The van der Waals surface area contributed by atoms with E-state index in [1.54, 1.807) is 24.3 Å². The molecule has 0 aromatic heterocycles. The lowest BCUT2D eigenvalue weighted by Crippen LogP contribution is -2.33. The van der Waals surface area contributed by atoms with Crippen LogP contribution in [0.3, 0.4) is 0 Å². The molecule has 2 unspecified atom stereocenters. The summed E-state index contributed by atoms with van der Waals surface area (Å²) in [7, 11) is 0. The summed E-state index contributed by atoms with van der Waals surface area (Å²) in [5.74, 6) is 0.259. The van der Waals surface area contributed by atoms with Crippen LogP contribution in [0.5, 0.6) is 5.75 Å². The zero-order valence-corrected chi connectivity index (χ0v) is 15.5. The van der Waals surface area contributed by atoms with Gasteiger partial charge in [0.25, 0.3) is 11.8 Å². The minimum Gasteiger partial charge on any atom is -0.481 e. The lowest BCUT2D eigenvalue weighted by Gasteiger charge is -2.17. The molecule has 26 heavy (non-hydrogen) atoms. The highest BCUT2D eigenvalue weighted by Gasteiger charge is 2.19. The van der Waals surface area contributed by atoms with Crippen molar-refractivity contribution in [1.29, 1.82) is 0 Å². The molecule has 0 saturated carbocycles. The Hall–Kier alpha value is -2.82. The molecule has 138 valence electrons. The molecular formula is C21H26N2O3. The van der Waals surface area contributed by atoms with Gasteiger partial charge in [0, 0.05) is 17.3 Å². The van der Waals surface area contributed by atoms with Gasteiger partial charge in [-0.1, -0.05) is 38.1 Å². The third-order valence-corrected chi connectivity index (χ3v) is 4.07. The summed E-state index contributed by atoms with van der Waals surface area (Å²) in [6.45, 7) is 5.86. The zero-order valence-electron chi connectivity index (χ0n) is 15.5. The Kier molecular flexibility index (Phi) is 7.21. The van der Waals surface area contributed by atoms with Gasteiger partial charge in [0.2, 0.25) is 0 Å². The lowest BCUT2D eigenvalue weighted by molar-refractivity contribution is -0.122. The quantitative estimate of drug-likeness (QED) is 0.753. The van der Waals surface area contributed by atoms with E-state index in [2.05, 4.69) is 10.6 Å². The van der Waals surface area contributed by atoms with Crippen molar-refractivity contribution in [3.63, 3.8) is 0 Å². The van der Waals surface area contributed by atoms with Crippen LogP contribution in [0.15, 0.2) is 54.6 Å². The topological polar surface area (TPSA) is 67.4 Å². The van der Waals surface area contributed by atoms with Crippen LogP contribution in [0.1, 0.15) is 44.0 Å². The highest BCUT2D eigenvalue weighted by molar-refractivity contribution is 5.98. The van der Waals surface area contributed by atoms with Gasteiger partial charge in [-0.05, 0) is 50.1 Å². The Morgan fingerprint density at radius 2 is 1.73 bits per heavy atom. The maximum Gasteiger partial charge on any atom is 0.265 e. The molecule has 0 bridgehead atoms. The third-order valence-electron chi connectivity index (χ3n) is 4.07. The second kappa shape index (κ2) is 9.61. The molecule has 0 spiro atoms. The minimum atomic E-state index is -0.602. The number of hydrogen-bond acceptors (Lipinski definition) is 3. The molecule has 2 atom stereocenters. The summed E-state index contributed by atoms with van der Waals surface area (Å²) >= 11 is 0. The fourth-order valence-electron chi connectivity index (χ4n) is 2.36. The SMILES string of the molecule is CCC(C)NC(=O)c1cccc(NC(=O)C(CC)Oc2ccccc2)c1. The van der Waals surface area contributed by atoms with Crippen LogP contribution in [0.2, 0.25) is 0 Å². The number of benzene rings is 2. The fourth-order valence-corrected chi connectivity index (χ4v) is 2.36. The van der Waals surface area contributed by atoms with Crippen molar-refractivity contribution in [3.8, 4) is 5.75 Å². The van der Waals surface area contributed by atoms with E-state index in [-0.39, 0.29) is 17.9 Å². The molecule has 2 aromatic rings. The number of hydrogen-bond donors (Lipinski definition) is 2. The van der Waals surface area contributed by atoms with Crippen molar-refractivity contribution in [2.75, 3.05) is 5.32 Å². The van der Waals surface area contributed by atoms with Gasteiger partial charge in [-0.3, -0.25) is 9.59 Å². The van der Waals surface area contributed by atoms with Gasteiger partial charge in [-0.15, -0.1) is 0 Å². The molecule has 0 aliphatic heterocycles. The first-order valence-electron chi connectivity index (χ1n) is 8.97. The number of carbonyl (C=O) groups is 2. The Labute approximate surface area is 154 Å². The summed E-state index contributed by atoms with van der Waals surface area (Å²) in [5.41, 5.74) is 1.09. The molecule has 0 fully saturated rings. The lowest BCUT2D eigenvalue weighted by atomic mass is 10.1. The monoisotopic (exact) mass is 354 g/mol. The third kappa shape index (κ3) is 5.62. The molecular weight excluding hydrogens is 328 g/mol. The van der Waals surface area contributed by atoms with E-state index in [0.29, 0.717) is 23.4 Å². The van der Waals surface area contributed by atoms with Gasteiger partial charge in [0.05, 0.1) is 0 Å². The number of carbonyl (C=O) groups excluding carboxylic acids is 2. The molecule has 2 aromatic carbocycles. The largest absolute Gasteiger partial charge is 0.481 e. The molecule has 0 radical (unpaired) electrons. The normalized spacial score (nSPS) is 12.7. The average Bonchev–Trinajstić information content (AvgIpc) is 2.66. The van der Waals surface area contributed by atoms with Gasteiger partial charge >= 0.3 is 0 Å². The van der Waals surface area contributed by atoms with Gasteiger partial charge in [-0.25, -0.2) is 0 Å². The summed E-state index contributed by atoms with van der Waals surface area (Å²) in [4.78, 5) is 24.8. The standard InChI is InChI=1S/C21H26N2O3/c1-4-15(3)22-20(24)16-10-9-11-17(14-16)23-21(25)19(5-2)26-18-12-7-6-8-13-18/h6-15,19H,4-5H2,1-3H3,(H,22,24)(H,23,25). The van der Waals surface area contributed by atoms with E-state index in [1.165, 1.54) is 0 Å². The van der Waals surface area contributed by atoms with Crippen LogP contribution >= 0.6 is 0 Å². The summed E-state index contributed by atoms with van der Waals surface area (Å²) in [5, 5.41) is 5.75. The van der Waals surface area contributed by atoms with Gasteiger partial charge < -0.3 is 15.4 Å². The summed E-state index contributed by atoms with van der Waals surface area (Å²) < 4.78 is 5.75. The maximum absolute atomic E-state index is 12.5. The van der Waals surface area contributed by atoms with Crippen LogP contribution < -0.4 is 15.4 Å². The molecule has 0 heterocycles. The first kappa shape index (κ1) is 19.5. The van der Waals surface area contributed by atoms with Crippen LogP contribution in [0.25, 0.3) is 0 Å². The Balaban J connectivity index is 2.03. The average molecular weight is 354 g/mol. The number of amides is 2. The molecule has 5 nitrogen and oxygen atoms in total. The highest BCUT2D eigenvalue weighted by atomic mass is 16.5. The maximum atomic E-state index is 12.5. The smallest absolute Gasteiger partial charge is 0.265 e. The summed E-state index contributed by atoms with van der Waals surface area (Å²) in [6.07, 6.45) is 0.793. The fraction of sp³-hybridized carbons (Fsp3) is 0.333. The van der Waals surface area contributed by atoms with E-state index in [9.17, 15) is 9.59 Å². The molecule has 2 N–H and O–H groups in total. The predicted octanol–water partition coefficient (Wildman–Crippen LogP) is 4.01. The first-order valence-corrected chi connectivity index (χ1v) is 8.97. The molecule has 0 aliphatic rings. The van der Waals surface area contributed by atoms with Crippen molar-refractivity contribution in [3.05, 3.63) is 60.2 Å². The summed E-state index contributed by atoms with van der Waals surface area (Å²) in [6, 6.07) is 16.3. The van der Waals surface area contributed by atoms with Crippen LogP contribution in [-0.2, 0) is 4.79 Å². The second-order valence-corrected chi connectivity index (χ2v) is 6.18. The Morgan fingerprint density at radius 3 is 2.38 bits per heavy atom. The minimum absolute atomic E-state index is 0.101. The zero-order chi connectivity index (χ0) is 18.9. The van der Waals surface area contributed by atoms with Crippen LogP contribution in [-0.4, -0.2) is 24.0 Å². The van der Waals surface area contributed by atoms with E-state index in [4.69, 9.17) is 4.74 Å². The first-order chi connectivity index (χ1) is 12.5. The van der Waals surface area contributed by atoms with E-state index in [1.807, 2.05) is 51.1 Å². The molecule has 5 heteroatoms. The number of anilines is 1. The molecule has 2 amide bonds. The molecule has 0 saturated heterocycles. The van der Waals surface area contributed by atoms with E-state index < -0.39 is 6.10 Å². The number of rotatable bonds is 8. The van der Waals surface area contributed by atoms with E-state index in [0.717, 1.165) is 6.42 Å².